The molecule has 0 aliphatic carbocycles. The first-order chi connectivity index (χ1) is 16.1. The fourth-order valence-electron chi connectivity index (χ4n) is 3.79. The van der Waals surface area contributed by atoms with Crippen molar-refractivity contribution in [2.45, 2.75) is 13.0 Å². The predicted molar refractivity (Wildman–Crippen MR) is 126 cm³/mol. The second-order valence-corrected chi connectivity index (χ2v) is 7.78. The topological polar surface area (TPSA) is 59.3 Å². The summed E-state index contributed by atoms with van der Waals surface area (Å²) in [7, 11) is 0. The van der Waals surface area contributed by atoms with Crippen molar-refractivity contribution in [1.29, 1.82) is 0 Å². The number of rotatable bonds is 5. The van der Waals surface area contributed by atoms with Crippen molar-refractivity contribution in [3.8, 4) is 22.5 Å². The first-order valence-electron chi connectivity index (χ1n) is 10.7. The Kier molecular flexibility index (Phi) is 5.40. The number of amides is 1. The van der Waals surface area contributed by atoms with Crippen LogP contribution in [0, 0.1) is 5.82 Å². The molecule has 0 bridgehead atoms. The van der Waals surface area contributed by atoms with E-state index >= 15 is 0 Å². The van der Waals surface area contributed by atoms with Gasteiger partial charge in [0.2, 0.25) is 0 Å². The molecule has 0 spiro atoms. The fourth-order valence-corrected chi connectivity index (χ4v) is 3.79. The Bertz CT molecular complexity index is 1430. The van der Waals surface area contributed by atoms with Gasteiger partial charge in [0.1, 0.15) is 11.5 Å². The number of carbonyl (C=O) groups is 1. The summed E-state index contributed by atoms with van der Waals surface area (Å²) in [5, 5.41) is 7.67. The lowest BCUT2D eigenvalue weighted by Crippen LogP contribution is -2.28. The van der Waals surface area contributed by atoms with Crippen LogP contribution in [-0.4, -0.2) is 20.5 Å². The maximum Gasteiger partial charge on any atom is 0.270 e. The summed E-state index contributed by atoms with van der Waals surface area (Å²) >= 11 is 0. The molecule has 0 fully saturated rings. The highest BCUT2D eigenvalue weighted by Gasteiger charge is 2.20. The van der Waals surface area contributed by atoms with Crippen molar-refractivity contribution in [2.24, 2.45) is 0 Å². The standard InChI is InChI=1S/C27H21FN4O/c1-18(19-10-4-2-5-11-19)29-27(33)25-16-24(21-14-8-9-15-22(21)28)30-26-17-23(31-32(25)26)20-12-6-3-7-13-20/h2-18H,1H3,(H,29,33)/t18-/m1/s1. The summed E-state index contributed by atoms with van der Waals surface area (Å²) in [5.74, 6) is -0.722. The van der Waals surface area contributed by atoms with Gasteiger partial charge >= 0.3 is 0 Å². The van der Waals surface area contributed by atoms with Crippen LogP contribution in [0.5, 0.6) is 0 Å². The molecule has 1 atom stereocenters. The van der Waals surface area contributed by atoms with Crippen LogP contribution in [0.1, 0.15) is 29.0 Å². The molecule has 0 saturated carbocycles. The molecular weight excluding hydrogens is 415 g/mol. The van der Waals surface area contributed by atoms with E-state index in [0.717, 1.165) is 11.1 Å². The van der Waals surface area contributed by atoms with Gasteiger partial charge in [-0.15, -0.1) is 0 Å². The van der Waals surface area contributed by atoms with Gasteiger partial charge in [-0.25, -0.2) is 13.9 Å². The molecule has 0 saturated heterocycles. The van der Waals surface area contributed by atoms with Gasteiger partial charge in [0, 0.05) is 17.2 Å². The number of halogens is 1. The van der Waals surface area contributed by atoms with Crippen LogP contribution >= 0.6 is 0 Å². The van der Waals surface area contributed by atoms with Gasteiger partial charge in [0.05, 0.1) is 17.4 Å². The molecule has 3 aromatic carbocycles. The summed E-state index contributed by atoms with van der Waals surface area (Å²) in [4.78, 5) is 18.0. The zero-order valence-corrected chi connectivity index (χ0v) is 17.9. The highest BCUT2D eigenvalue weighted by atomic mass is 19.1. The minimum atomic E-state index is -0.402. The molecule has 0 radical (unpaired) electrons. The molecule has 2 heterocycles. The van der Waals surface area contributed by atoms with Gasteiger partial charge in [0.15, 0.2) is 5.65 Å². The van der Waals surface area contributed by atoms with E-state index in [2.05, 4.69) is 15.4 Å². The largest absolute Gasteiger partial charge is 0.344 e. The number of hydrogen-bond acceptors (Lipinski definition) is 3. The number of aromatic nitrogens is 3. The number of hydrogen-bond donors (Lipinski definition) is 1. The number of nitrogens with zero attached hydrogens (tertiary/aromatic N) is 3. The van der Waals surface area contributed by atoms with E-state index in [0.29, 0.717) is 22.6 Å². The summed E-state index contributed by atoms with van der Waals surface area (Å²) in [6.45, 7) is 1.92. The Morgan fingerprint density at radius 2 is 1.55 bits per heavy atom. The van der Waals surface area contributed by atoms with E-state index in [9.17, 15) is 9.18 Å². The van der Waals surface area contributed by atoms with Crippen LogP contribution < -0.4 is 5.32 Å². The van der Waals surface area contributed by atoms with E-state index < -0.39 is 5.82 Å². The van der Waals surface area contributed by atoms with E-state index in [4.69, 9.17) is 0 Å². The average Bonchev–Trinajstić information content (AvgIpc) is 3.29. The van der Waals surface area contributed by atoms with Crippen molar-refractivity contribution >= 4 is 11.6 Å². The molecule has 1 amide bonds. The third kappa shape index (κ3) is 4.11. The molecule has 0 aliphatic rings. The second kappa shape index (κ2) is 8.67. The second-order valence-electron chi connectivity index (χ2n) is 7.78. The summed E-state index contributed by atoms with van der Waals surface area (Å²) in [5.41, 5.74) is 4.01. The third-order valence-electron chi connectivity index (χ3n) is 5.53. The monoisotopic (exact) mass is 436 g/mol. The fraction of sp³-hybridized carbons (Fsp3) is 0.0741. The number of carbonyl (C=O) groups excluding carboxylic acids is 1. The van der Waals surface area contributed by atoms with Crippen LogP contribution in [0.4, 0.5) is 4.39 Å². The third-order valence-corrected chi connectivity index (χ3v) is 5.53. The number of fused-ring (bicyclic) bond motifs is 1. The highest BCUT2D eigenvalue weighted by Crippen LogP contribution is 2.26. The summed E-state index contributed by atoms with van der Waals surface area (Å²) < 4.78 is 16.1. The van der Waals surface area contributed by atoms with Crippen molar-refractivity contribution in [1.82, 2.24) is 19.9 Å². The van der Waals surface area contributed by atoms with Gasteiger partial charge in [-0.05, 0) is 30.7 Å². The van der Waals surface area contributed by atoms with E-state index in [-0.39, 0.29) is 17.6 Å². The molecule has 0 aliphatic heterocycles. The number of benzene rings is 3. The molecule has 6 heteroatoms. The Balaban J connectivity index is 1.62. The van der Waals surface area contributed by atoms with E-state index in [1.54, 1.807) is 30.3 Å². The van der Waals surface area contributed by atoms with Crippen molar-refractivity contribution in [2.75, 3.05) is 0 Å². The van der Waals surface area contributed by atoms with Gasteiger partial charge < -0.3 is 5.32 Å². The van der Waals surface area contributed by atoms with Crippen LogP contribution in [0.2, 0.25) is 0 Å². The average molecular weight is 436 g/mol. The molecule has 5 nitrogen and oxygen atoms in total. The molecule has 1 N–H and O–H groups in total. The van der Waals surface area contributed by atoms with Gasteiger partial charge in [-0.3, -0.25) is 4.79 Å². The Morgan fingerprint density at radius 1 is 0.879 bits per heavy atom. The molecule has 2 aromatic heterocycles. The van der Waals surface area contributed by atoms with Crippen molar-refractivity contribution in [3.63, 3.8) is 0 Å². The minimum Gasteiger partial charge on any atom is -0.344 e. The van der Waals surface area contributed by atoms with Gasteiger partial charge in [-0.2, -0.15) is 5.10 Å². The lowest BCUT2D eigenvalue weighted by atomic mass is 10.1. The smallest absolute Gasteiger partial charge is 0.270 e. The maximum absolute atomic E-state index is 14.5. The molecule has 0 unspecified atom stereocenters. The zero-order valence-electron chi connectivity index (χ0n) is 17.9. The molecule has 162 valence electrons. The lowest BCUT2D eigenvalue weighted by molar-refractivity contribution is 0.0932. The zero-order chi connectivity index (χ0) is 22.8. The first-order valence-corrected chi connectivity index (χ1v) is 10.7. The van der Waals surface area contributed by atoms with Crippen LogP contribution in [0.25, 0.3) is 28.2 Å². The summed E-state index contributed by atoms with van der Waals surface area (Å²) in [6.07, 6.45) is 0. The molecular formula is C27H21FN4O. The lowest BCUT2D eigenvalue weighted by Gasteiger charge is -2.15. The predicted octanol–water partition coefficient (Wildman–Crippen LogP) is 5.69. The van der Waals surface area contributed by atoms with E-state index in [1.165, 1.54) is 10.6 Å². The van der Waals surface area contributed by atoms with Gasteiger partial charge in [-0.1, -0.05) is 72.8 Å². The van der Waals surface area contributed by atoms with Crippen LogP contribution in [0.15, 0.2) is 97.1 Å². The summed E-state index contributed by atoms with van der Waals surface area (Å²) in [6, 6.07) is 28.9. The van der Waals surface area contributed by atoms with Crippen molar-refractivity contribution in [3.05, 3.63) is 114 Å². The first kappa shape index (κ1) is 20.6. The SMILES string of the molecule is C[C@@H](NC(=O)c1cc(-c2ccccc2F)nc2cc(-c3ccccc3)nn12)c1ccccc1. The molecule has 5 aromatic rings. The minimum absolute atomic E-state index is 0.219. The van der Waals surface area contributed by atoms with Crippen molar-refractivity contribution < 1.29 is 9.18 Å². The normalized spacial score (nSPS) is 11.9. The van der Waals surface area contributed by atoms with Gasteiger partial charge in [0.25, 0.3) is 5.91 Å². The van der Waals surface area contributed by atoms with E-state index in [1.807, 2.05) is 67.6 Å². The van der Waals surface area contributed by atoms with Crippen LogP contribution in [-0.2, 0) is 0 Å². The number of nitrogens with one attached hydrogen (secondary N) is 1. The Morgan fingerprint density at radius 3 is 2.27 bits per heavy atom. The Labute approximate surface area is 190 Å². The molecule has 5 rings (SSSR count). The maximum atomic E-state index is 14.5. The van der Waals surface area contributed by atoms with Crippen LogP contribution in [0.3, 0.4) is 0 Å². The molecule has 33 heavy (non-hydrogen) atoms. The quantitative estimate of drug-likeness (QED) is 0.385. The Hall–Kier alpha value is -4.32. The highest BCUT2D eigenvalue weighted by molar-refractivity contribution is 5.94.